The average Bonchev–Trinajstić information content (AvgIpc) is 2.63. The fourth-order valence-corrected chi connectivity index (χ4v) is 2.77. The number of aryl methyl sites for hydroxylation is 2. The molecule has 0 fully saturated rings. The maximum Gasteiger partial charge on any atom is 0.228 e. The maximum absolute atomic E-state index is 11.4. The Labute approximate surface area is 128 Å². The van der Waals surface area contributed by atoms with Gasteiger partial charge in [-0.05, 0) is 31.2 Å². The Morgan fingerprint density at radius 3 is 2.38 bits per heavy atom. The van der Waals surface area contributed by atoms with Gasteiger partial charge in [-0.3, -0.25) is 0 Å². The van der Waals surface area contributed by atoms with Crippen molar-refractivity contribution in [1.29, 1.82) is 0 Å². The molecule has 21 heavy (non-hydrogen) atoms. The lowest BCUT2D eigenvalue weighted by Gasteiger charge is -2.08. The third-order valence-corrected chi connectivity index (χ3v) is 4.21. The van der Waals surface area contributed by atoms with Crippen LogP contribution in [0.2, 0.25) is 0 Å². The van der Waals surface area contributed by atoms with E-state index in [1.165, 1.54) is 16.8 Å². The van der Waals surface area contributed by atoms with Crippen molar-refractivity contribution in [2.24, 2.45) is 12.8 Å². The first-order chi connectivity index (χ1) is 9.70. The van der Waals surface area contributed by atoms with Gasteiger partial charge in [-0.2, -0.15) is 5.10 Å². The van der Waals surface area contributed by atoms with Gasteiger partial charge >= 0.3 is 0 Å². The molecule has 8 heteroatoms. The van der Waals surface area contributed by atoms with Gasteiger partial charge in [0.15, 0.2) is 9.84 Å². The van der Waals surface area contributed by atoms with Crippen molar-refractivity contribution in [2.75, 3.05) is 6.26 Å². The second-order valence-electron chi connectivity index (χ2n) is 4.60. The van der Waals surface area contributed by atoms with Crippen molar-refractivity contribution < 1.29 is 13.2 Å². The second-order valence-corrected chi connectivity index (χ2v) is 7.05. The third-order valence-electron chi connectivity index (χ3n) is 2.88. The maximum atomic E-state index is 11.4. The number of nitrogens with two attached hydrogens (primary N) is 1. The normalized spacial score (nSPS) is 11.4. The molecule has 0 atom stereocenters. The van der Waals surface area contributed by atoms with Crippen LogP contribution in [0, 0.1) is 6.92 Å². The van der Waals surface area contributed by atoms with E-state index in [0.29, 0.717) is 22.9 Å². The zero-order valence-corrected chi connectivity index (χ0v) is 13.5. The minimum Gasteiger partial charge on any atom is -0.439 e. The van der Waals surface area contributed by atoms with Crippen LogP contribution in [0.15, 0.2) is 29.2 Å². The molecule has 0 aliphatic heterocycles. The predicted molar refractivity (Wildman–Crippen MR) is 83.5 cm³/mol. The van der Waals surface area contributed by atoms with Crippen LogP contribution in [0.25, 0.3) is 0 Å². The Balaban J connectivity index is 2.37. The predicted octanol–water partition coefficient (Wildman–Crippen LogP) is 1.56. The van der Waals surface area contributed by atoms with Gasteiger partial charge in [0.05, 0.1) is 16.2 Å². The molecule has 0 saturated carbocycles. The van der Waals surface area contributed by atoms with E-state index in [1.54, 1.807) is 26.1 Å². The van der Waals surface area contributed by atoms with Crippen molar-refractivity contribution in [3.05, 3.63) is 35.5 Å². The molecule has 0 unspecified atom stereocenters. The van der Waals surface area contributed by atoms with Crippen LogP contribution in [0.3, 0.4) is 0 Å². The fraction of sp³-hybridized carbons (Fsp3) is 0.231. The van der Waals surface area contributed by atoms with E-state index in [2.05, 4.69) is 5.10 Å². The van der Waals surface area contributed by atoms with Crippen molar-refractivity contribution in [2.45, 2.75) is 11.8 Å². The molecule has 1 aromatic heterocycles. The van der Waals surface area contributed by atoms with Gasteiger partial charge in [0, 0.05) is 13.3 Å². The summed E-state index contributed by atoms with van der Waals surface area (Å²) in [4.78, 5) is 0.425. The molecular formula is C13H15N3O3S2. The monoisotopic (exact) mass is 325 g/mol. The number of benzene rings is 1. The Hall–Kier alpha value is -1.93. The highest BCUT2D eigenvalue weighted by Crippen LogP contribution is 2.27. The highest BCUT2D eigenvalue weighted by atomic mass is 32.2. The second kappa shape index (κ2) is 5.45. The molecule has 6 nitrogen and oxygen atoms in total. The lowest BCUT2D eigenvalue weighted by molar-refractivity contribution is 0.429. The van der Waals surface area contributed by atoms with Crippen molar-refractivity contribution >= 4 is 27.0 Å². The molecule has 0 bridgehead atoms. The van der Waals surface area contributed by atoms with Gasteiger partial charge in [0.2, 0.25) is 5.88 Å². The van der Waals surface area contributed by atoms with Crippen LogP contribution in [0.5, 0.6) is 11.6 Å². The number of sulfone groups is 1. The smallest absolute Gasteiger partial charge is 0.228 e. The van der Waals surface area contributed by atoms with Crippen molar-refractivity contribution in [3.63, 3.8) is 0 Å². The molecule has 0 aliphatic carbocycles. The van der Waals surface area contributed by atoms with Crippen LogP contribution in [0.1, 0.15) is 11.3 Å². The van der Waals surface area contributed by atoms with Gasteiger partial charge in [-0.1, -0.05) is 12.2 Å². The Bertz CT molecular complexity index is 793. The topological polar surface area (TPSA) is 87.2 Å². The molecule has 1 heterocycles. The highest BCUT2D eigenvalue weighted by Gasteiger charge is 2.18. The molecule has 2 rings (SSSR count). The van der Waals surface area contributed by atoms with E-state index in [9.17, 15) is 8.42 Å². The Morgan fingerprint density at radius 1 is 1.33 bits per heavy atom. The molecule has 2 aromatic rings. The van der Waals surface area contributed by atoms with E-state index in [0.717, 1.165) is 6.26 Å². The summed E-state index contributed by atoms with van der Waals surface area (Å²) in [7, 11) is -1.51. The summed E-state index contributed by atoms with van der Waals surface area (Å²) in [6, 6.07) is 6.10. The third kappa shape index (κ3) is 3.22. The summed E-state index contributed by atoms with van der Waals surface area (Å²) in [5, 5.41) is 4.21. The Morgan fingerprint density at radius 2 is 1.90 bits per heavy atom. The lowest BCUT2D eigenvalue weighted by Crippen LogP contribution is -2.11. The minimum absolute atomic E-state index is 0.198. The molecular weight excluding hydrogens is 310 g/mol. The molecule has 112 valence electrons. The summed E-state index contributed by atoms with van der Waals surface area (Å²) < 4.78 is 30.1. The number of hydrogen-bond acceptors (Lipinski definition) is 5. The van der Waals surface area contributed by atoms with E-state index in [-0.39, 0.29) is 9.88 Å². The number of thiocarbonyl (C=S) groups is 1. The van der Waals surface area contributed by atoms with Crippen LogP contribution in [-0.4, -0.2) is 29.4 Å². The zero-order valence-electron chi connectivity index (χ0n) is 11.8. The highest BCUT2D eigenvalue weighted by molar-refractivity contribution is 7.90. The summed E-state index contributed by atoms with van der Waals surface area (Å²) in [6.07, 6.45) is 1.15. The van der Waals surface area contributed by atoms with Gasteiger partial charge < -0.3 is 10.5 Å². The lowest BCUT2D eigenvalue weighted by atomic mass is 10.2. The largest absolute Gasteiger partial charge is 0.439 e. The zero-order chi connectivity index (χ0) is 15.8. The first kappa shape index (κ1) is 15.5. The quantitative estimate of drug-likeness (QED) is 0.858. The summed E-state index contributed by atoms with van der Waals surface area (Å²) in [5.74, 6) is 0.898. The van der Waals surface area contributed by atoms with Crippen molar-refractivity contribution in [3.8, 4) is 11.6 Å². The minimum atomic E-state index is -3.23. The number of hydrogen-bond donors (Lipinski definition) is 1. The van der Waals surface area contributed by atoms with E-state index in [4.69, 9.17) is 22.7 Å². The number of ether oxygens (including phenoxy) is 1. The summed E-state index contributed by atoms with van der Waals surface area (Å²) in [6.45, 7) is 1.79. The standard InChI is InChI=1S/C13H15N3O3S2/c1-8-11(12(14)20)13(16(2)15-8)19-9-4-6-10(7-5-9)21(3,17)18/h4-7H,1-3H3,(H2,14,20). The first-order valence-corrected chi connectivity index (χ1v) is 8.31. The SMILES string of the molecule is Cc1nn(C)c(Oc2ccc(S(C)(=O)=O)cc2)c1C(N)=S. The van der Waals surface area contributed by atoms with Crippen LogP contribution in [-0.2, 0) is 16.9 Å². The number of aromatic nitrogens is 2. The van der Waals surface area contributed by atoms with E-state index < -0.39 is 9.84 Å². The molecule has 0 radical (unpaired) electrons. The van der Waals surface area contributed by atoms with Crippen molar-refractivity contribution in [1.82, 2.24) is 9.78 Å². The van der Waals surface area contributed by atoms with Gasteiger partial charge in [0.25, 0.3) is 0 Å². The Kier molecular flexibility index (Phi) is 4.02. The average molecular weight is 325 g/mol. The summed E-state index contributed by atoms with van der Waals surface area (Å²) >= 11 is 5.00. The fourth-order valence-electron chi connectivity index (χ4n) is 1.90. The van der Waals surface area contributed by atoms with E-state index in [1.807, 2.05) is 0 Å². The van der Waals surface area contributed by atoms with Crippen LogP contribution in [0.4, 0.5) is 0 Å². The molecule has 2 N–H and O–H groups in total. The summed E-state index contributed by atoms with van der Waals surface area (Å²) in [5.41, 5.74) is 6.93. The van der Waals surface area contributed by atoms with Gasteiger partial charge in [0.1, 0.15) is 10.7 Å². The van der Waals surface area contributed by atoms with Crippen LogP contribution >= 0.6 is 12.2 Å². The molecule has 0 saturated heterocycles. The van der Waals surface area contributed by atoms with Gasteiger partial charge in [-0.25, -0.2) is 13.1 Å². The molecule has 0 amide bonds. The molecule has 1 aromatic carbocycles. The van der Waals surface area contributed by atoms with Crippen LogP contribution < -0.4 is 10.5 Å². The van der Waals surface area contributed by atoms with Gasteiger partial charge in [-0.15, -0.1) is 0 Å². The number of nitrogens with zero attached hydrogens (tertiary/aromatic N) is 2. The van der Waals surface area contributed by atoms with E-state index >= 15 is 0 Å². The molecule has 0 spiro atoms. The first-order valence-electron chi connectivity index (χ1n) is 6.01. The number of rotatable bonds is 4. The molecule has 0 aliphatic rings.